The highest BCUT2D eigenvalue weighted by Crippen LogP contribution is 2.29. The van der Waals surface area contributed by atoms with Crippen LogP contribution < -0.4 is 5.73 Å². The summed E-state index contributed by atoms with van der Waals surface area (Å²) < 4.78 is 14.3. The fraction of sp³-hybridized carbons (Fsp3) is 0.400. The van der Waals surface area contributed by atoms with Crippen molar-refractivity contribution in [3.63, 3.8) is 0 Å². The van der Waals surface area contributed by atoms with Crippen LogP contribution in [0.4, 0.5) is 4.39 Å². The summed E-state index contributed by atoms with van der Waals surface area (Å²) in [6, 6.07) is 2.87. The van der Waals surface area contributed by atoms with Crippen LogP contribution in [0.15, 0.2) is 16.6 Å². The molecule has 0 spiro atoms. The average Bonchev–Trinajstić information content (AvgIpc) is 2.09. The Kier molecular flexibility index (Phi) is 3.93. The molecule has 0 saturated carbocycles. The molecular formula is C10H12BrClFN. The molecular weight excluding hydrogens is 268 g/mol. The van der Waals surface area contributed by atoms with Crippen molar-refractivity contribution in [1.29, 1.82) is 0 Å². The Morgan fingerprint density at radius 3 is 2.50 bits per heavy atom. The van der Waals surface area contributed by atoms with Crippen molar-refractivity contribution in [3.05, 3.63) is 33.0 Å². The lowest BCUT2D eigenvalue weighted by Crippen LogP contribution is -2.18. The largest absolute Gasteiger partial charge is 0.324 e. The number of hydrogen-bond acceptors (Lipinski definition) is 1. The first-order valence-corrected chi connectivity index (χ1v) is 5.50. The van der Waals surface area contributed by atoms with E-state index < -0.39 is 5.82 Å². The van der Waals surface area contributed by atoms with Crippen LogP contribution >= 0.6 is 27.5 Å². The standard InChI is InChI=1S/C10H12BrClFN/c1-5(2)10(14)7-3-6(11)4-8(12)9(7)13/h3-5,10H,14H2,1-2H3/t10-/m0/s1. The maximum Gasteiger partial charge on any atom is 0.146 e. The van der Waals surface area contributed by atoms with Crippen LogP contribution in [0.5, 0.6) is 0 Å². The van der Waals surface area contributed by atoms with Gasteiger partial charge in [-0.1, -0.05) is 41.4 Å². The van der Waals surface area contributed by atoms with Gasteiger partial charge in [0.05, 0.1) is 5.02 Å². The molecule has 78 valence electrons. The molecule has 0 saturated heterocycles. The van der Waals surface area contributed by atoms with Gasteiger partial charge in [-0.25, -0.2) is 4.39 Å². The van der Waals surface area contributed by atoms with Crippen LogP contribution in [0.1, 0.15) is 25.5 Å². The highest BCUT2D eigenvalue weighted by atomic mass is 79.9. The molecule has 0 aliphatic carbocycles. The monoisotopic (exact) mass is 279 g/mol. The van der Waals surface area contributed by atoms with Crippen LogP contribution in [0.25, 0.3) is 0 Å². The van der Waals surface area contributed by atoms with Crippen molar-refractivity contribution in [1.82, 2.24) is 0 Å². The molecule has 1 rings (SSSR count). The van der Waals surface area contributed by atoms with E-state index in [2.05, 4.69) is 15.9 Å². The molecule has 0 aliphatic heterocycles. The molecule has 1 nitrogen and oxygen atoms in total. The summed E-state index contributed by atoms with van der Waals surface area (Å²) in [6.45, 7) is 3.89. The number of rotatable bonds is 2. The second-order valence-electron chi connectivity index (χ2n) is 3.56. The molecule has 0 bridgehead atoms. The van der Waals surface area contributed by atoms with Gasteiger partial charge >= 0.3 is 0 Å². The van der Waals surface area contributed by atoms with E-state index in [0.29, 0.717) is 5.56 Å². The molecule has 4 heteroatoms. The lowest BCUT2D eigenvalue weighted by molar-refractivity contribution is 0.485. The highest BCUT2D eigenvalue weighted by molar-refractivity contribution is 9.10. The molecule has 0 unspecified atom stereocenters. The molecule has 0 aliphatic rings. The fourth-order valence-corrected chi connectivity index (χ4v) is 2.01. The Hall–Kier alpha value is -0.120. The lowest BCUT2D eigenvalue weighted by atomic mass is 9.97. The van der Waals surface area contributed by atoms with Crippen molar-refractivity contribution < 1.29 is 4.39 Å². The number of halogens is 3. The third kappa shape index (κ3) is 2.47. The third-order valence-electron chi connectivity index (χ3n) is 2.10. The molecule has 1 aromatic carbocycles. The van der Waals surface area contributed by atoms with Crippen molar-refractivity contribution in [2.75, 3.05) is 0 Å². The van der Waals surface area contributed by atoms with Gasteiger partial charge < -0.3 is 5.73 Å². The molecule has 0 heterocycles. The highest BCUT2D eigenvalue weighted by Gasteiger charge is 2.17. The number of benzene rings is 1. The van der Waals surface area contributed by atoms with E-state index in [4.69, 9.17) is 17.3 Å². The van der Waals surface area contributed by atoms with Gasteiger partial charge in [0.2, 0.25) is 0 Å². The van der Waals surface area contributed by atoms with E-state index in [0.717, 1.165) is 4.47 Å². The Bertz CT molecular complexity index is 341. The molecule has 1 atom stereocenters. The Balaban J connectivity index is 3.20. The van der Waals surface area contributed by atoms with Crippen LogP contribution in [-0.2, 0) is 0 Å². The first-order chi connectivity index (χ1) is 6.43. The smallest absolute Gasteiger partial charge is 0.146 e. The van der Waals surface area contributed by atoms with Crippen molar-refractivity contribution >= 4 is 27.5 Å². The summed E-state index contributed by atoms with van der Waals surface area (Å²) in [5.74, 6) is -0.245. The van der Waals surface area contributed by atoms with E-state index >= 15 is 0 Å². The van der Waals surface area contributed by atoms with E-state index in [1.807, 2.05) is 13.8 Å². The summed E-state index contributed by atoms with van der Waals surface area (Å²) in [5.41, 5.74) is 6.31. The maximum atomic E-state index is 13.6. The van der Waals surface area contributed by atoms with E-state index in [1.54, 1.807) is 6.07 Å². The van der Waals surface area contributed by atoms with E-state index in [9.17, 15) is 4.39 Å². The van der Waals surface area contributed by atoms with Gasteiger partial charge in [0.1, 0.15) is 5.82 Å². The fourth-order valence-electron chi connectivity index (χ4n) is 1.18. The molecule has 0 radical (unpaired) electrons. The van der Waals surface area contributed by atoms with Gasteiger partial charge in [-0.2, -0.15) is 0 Å². The minimum absolute atomic E-state index is 0.102. The Morgan fingerprint density at radius 2 is 2.00 bits per heavy atom. The van der Waals surface area contributed by atoms with Crippen LogP contribution in [-0.4, -0.2) is 0 Å². The van der Waals surface area contributed by atoms with Crippen LogP contribution in [0, 0.1) is 11.7 Å². The van der Waals surface area contributed by atoms with Gasteiger partial charge in [-0.3, -0.25) is 0 Å². The molecule has 2 N–H and O–H groups in total. The first-order valence-electron chi connectivity index (χ1n) is 4.33. The Labute approximate surface area is 96.6 Å². The van der Waals surface area contributed by atoms with Gasteiger partial charge in [0.15, 0.2) is 0 Å². The van der Waals surface area contributed by atoms with E-state index in [-0.39, 0.29) is 17.0 Å². The number of nitrogens with two attached hydrogens (primary N) is 1. The molecule has 14 heavy (non-hydrogen) atoms. The summed E-state index contributed by atoms with van der Waals surface area (Å²) in [6.07, 6.45) is 0. The van der Waals surface area contributed by atoms with E-state index in [1.165, 1.54) is 6.07 Å². The zero-order chi connectivity index (χ0) is 10.9. The zero-order valence-electron chi connectivity index (χ0n) is 8.02. The minimum Gasteiger partial charge on any atom is -0.324 e. The molecule has 0 fully saturated rings. The molecule has 1 aromatic rings. The predicted octanol–water partition coefficient (Wildman–Crippen LogP) is 3.90. The number of hydrogen-bond donors (Lipinski definition) is 1. The topological polar surface area (TPSA) is 26.0 Å². The second-order valence-corrected chi connectivity index (χ2v) is 4.88. The van der Waals surface area contributed by atoms with Crippen molar-refractivity contribution in [2.24, 2.45) is 11.7 Å². The van der Waals surface area contributed by atoms with Gasteiger partial charge in [0.25, 0.3) is 0 Å². The quantitative estimate of drug-likeness (QED) is 0.817. The van der Waals surface area contributed by atoms with Crippen molar-refractivity contribution in [3.8, 4) is 0 Å². The third-order valence-corrected chi connectivity index (χ3v) is 2.83. The first kappa shape index (κ1) is 12.0. The summed E-state index contributed by atoms with van der Waals surface area (Å²) >= 11 is 8.97. The van der Waals surface area contributed by atoms with Gasteiger partial charge in [-0.05, 0) is 18.1 Å². The predicted molar refractivity (Wildman–Crippen MR) is 60.9 cm³/mol. The zero-order valence-corrected chi connectivity index (χ0v) is 10.4. The second kappa shape index (κ2) is 4.60. The van der Waals surface area contributed by atoms with Crippen LogP contribution in [0.2, 0.25) is 5.02 Å². The molecule has 0 amide bonds. The van der Waals surface area contributed by atoms with Gasteiger partial charge in [0, 0.05) is 16.1 Å². The van der Waals surface area contributed by atoms with Gasteiger partial charge in [-0.15, -0.1) is 0 Å². The summed E-state index contributed by atoms with van der Waals surface area (Å²) in [5, 5.41) is 0.102. The van der Waals surface area contributed by atoms with Crippen LogP contribution in [0.3, 0.4) is 0 Å². The average molecular weight is 281 g/mol. The molecule has 0 aromatic heterocycles. The minimum atomic E-state index is -0.420. The summed E-state index contributed by atoms with van der Waals surface area (Å²) in [4.78, 5) is 0. The normalized spacial score (nSPS) is 13.4. The Morgan fingerprint density at radius 1 is 1.43 bits per heavy atom. The lowest BCUT2D eigenvalue weighted by Gasteiger charge is -2.17. The maximum absolute atomic E-state index is 13.6. The SMILES string of the molecule is CC(C)[C@H](N)c1cc(Br)cc(Cl)c1F. The summed E-state index contributed by atoms with van der Waals surface area (Å²) in [7, 11) is 0. The van der Waals surface area contributed by atoms with Crippen molar-refractivity contribution in [2.45, 2.75) is 19.9 Å².